The summed E-state index contributed by atoms with van der Waals surface area (Å²) < 4.78 is 55.8. The van der Waals surface area contributed by atoms with Crippen LogP contribution in [0.1, 0.15) is 46.4 Å². The van der Waals surface area contributed by atoms with E-state index in [1.807, 2.05) is 30.3 Å². The van der Waals surface area contributed by atoms with Crippen LogP contribution in [0.15, 0.2) is 60.8 Å². The summed E-state index contributed by atoms with van der Waals surface area (Å²) in [6.45, 7) is 0.197. The fourth-order valence-corrected chi connectivity index (χ4v) is 5.26. The number of hydrogen-bond donors (Lipinski definition) is 1. The summed E-state index contributed by atoms with van der Waals surface area (Å²) >= 11 is 5.53. The Bertz CT molecular complexity index is 1530. The lowest BCUT2D eigenvalue weighted by Gasteiger charge is -2.43. The van der Waals surface area contributed by atoms with Crippen molar-refractivity contribution < 1.29 is 27.2 Å². The maximum Gasteiger partial charge on any atom is 0.419 e. The molecule has 0 radical (unpaired) electrons. The number of nitriles is 1. The monoisotopic (exact) mass is 553 g/mol. The maximum atomic E-state index is 15.2. The molecule has 0 bridgehead atoms. The molecule has 1 saturated heterocycles. The summed E-state index contributed by atoms with van der Waals surface area (Å²) in [5.74, 6) is -2.05. The molecule has 2 aliphatic rings. The first-order valence-corrected chi connectivity index (χ1v) is 12.3. The molecule has 1 spiro atoms. The Morgan fingerprint density at radius 3 is 2.44 bits per heavy atom. The molecule has 1 aliphatic carbocycles. The summed E-state index contributed by atoms with van der Waals surface area (Å²) in [6, 6.07) is 15.0. The predicted octanol–water partition coefficient (Wildman–Crippen LogP) is 5.10. The van der Waals surface area contributed by atoms with E-state index in [4.69, 9.17) is 17.5 Å². The first-order valence-electron chi connectivity index (χ1n) is 11.8. The van der Waals surface area contributed by atoms with E-state index in [0.29, 0.717) is 25.3 Å². The van der Waals surface area contributed by atoms with Crippen LogP contribution in [0.5, 0.6) is 0 Å². The average Bonchev–Trinajstić information content (AvgIpc) is 3.13. The van der Waals surface area contributed by atoms with Gasteiger partial charge in [0.2, 0.25) is 0 Å². The third-order valence-electron chi connectivity index (χ3n) is 6.89. The number of halogens is 4. The maximum absolute atomic E-state index is 15.2. The topological polar surface area (TPSA) is 89.3 Å². The van der Waals surface area contributed by atoms with E-state index in [-0.39, 0.29) is 28.6 Å². The number of pyridine rings is 1. The number of anilines is 2. The molecule has 3 aromatic rings. The highest BCUT2D eigenvalue weighted by atomic mass is 32.1. The third kappa shape index (κ3) is 4.48. The minimum atomic E-state index is -4.88. The van der Waals surface area contributed by atoms with Gasteiger partial charge in [-0.2, -0.15) is 18.4 Å². The standard InChI is InChI=1S/C27H19F4N5O2S/c28-21-12-17(7-8-19(21)23(37)34-14-16-5-2-1-3-6-16)36-25(39)35(24(38)26(36)9-4-10-26)18-11-20(27(29,30)31)22(13-32)33-15-18/h1-3,5-8,11-12,15H,4,9-10,14H2,(H,34,37). The number of alkyl halides is 3. The van der Waals surface area contributed by atoms with Gasteiger partial charge in [-0.1, -0.05) is 30.3 Å². The molecule has 0 atom stereocenters. The van der Waals surface area contributed by atoms with Gasteiger partial charge >= 0.3 is 6.18 Å². The molecule has 2 amide bonds. The molecule has 1 N–H and O–H groups in total. The molecule has 1 aliphatic heterocycles. The summed E-state index contributed by atoms with van der Waals surface area (Å²) in [4.78, 5) is 32.1. The summed E-state index contributed by atoms with van der Waals surface area (Å²) in [7, 11) is 0. The van der Waals surface area contributed by atoms with Gasteiger partial charge in [0.25, 0.3) is 11.8 Å². The Hall–Kier alpha value is -4.37. The Morgan fingerprint density at radius 1 is 1.13 bits per heavy atom. The van der Waals surface area contributed by atoms with Crippen molar-refractivity contribution in [2.24, 2.45) is 0 Å². The molecule has 12 heteroatoms. The second-order valence-electron chi connectivity index (χ2n) is 9.18. The lowest BCUT2D eigenvalue weighted by molar-refractivity contribution is -0.138. The highest BCUT2D eigenvalue weighted by Gasteiger charge is 2.60. The molecule has 1 aromatic heterocycles. The van der Waals surface area contributed by atoms with Gasteiger partial charge in [0.1, 0.15) is 17.4 Å². The highest BCUT2D eigenvalue weighted by molar-refractivity contribution is 7.81. The number of nitrogens with one attached hydrogen (secondary N) is 1. The smallest absolute Gasteiger partial charge is 0.348 e. The van der Waals surface area contributed by atoms with Gasteiger partial charge in [-0.15, -0.1) is 0 Å². The van der Waals surface area contributed by atoms with E-state index in [0.717, 1.165) is 22.7 Å². The van der Waals surface area contributed by atoms with E-state index >= 15 is 4.39 Å². The Morgan fingerprint density at radius 2 is 1.85 bits per heavy atom. The number of hydrogen-bond acceptors (Lipinski definition) is 5. The van der Waals surface area contributed by atoms with E-state index in [1.165, 1.54) is 23.1 Å². The van der Waals surface area contributed by atoms with Crippen molar-refractivity contribution >= 4 is 40.5 Å². The van der Waals surface area contributed by atoms with Crippen molar-refractivity contribution in [2.75, 3.05) is 9.80 Å². The number of nitrogens with zero attached hydrogens (tertiary/aromatic N) is 4. The van der Waals surface area contributed by atoms with Crippen LogP contribution in [0.2, 0.25) is 0 Å². The Kier molecular flexibility index (Phi) is 6.56. The molecule has 5 rings (SSSR count). The van der Waals surface area contributed by atoms with E-state index < -0.39 is 40.6 Å². The number of thiocarbonyl (C=S) groups is 1. The normalized spacial score (nSPS) is 16.3. The fourth-order valence-electron chi connectivity index (χ4n) is 4.79. The number of carbonyl (C=O) groups is 2. The minimum absolute atomic E-state index is 0.153. The average molecular weight is 554 g/mol. The van der Waals surface area contributed by atoms with E-state index in [9.17, 15) is 22.8 Å². The summed E-state index contributed by atoms with van der Waals surface area (Å²) in [5, 5.41) is 11.6. The first kappa shape index (κ1) is 26.2. The molecule has 2 heterocycles. The molecule has 7 nitrogen and oxygen atoms in total. The zero-order valence-corrected chi connectivity index (χ0v) is 20.9. The van der Waals surface area contributed by atoms with Gasteiger partial charge in [-0.05, 0) is 61.3 Å². The predicted molar refractivity (Wildman–Crippen MR) is 137 cm³/mol. The lowest BCUT2D eigenvalue weighted by atomic mass is 9.75. The number of amides is 2. The number of rotatable bonds is 5. The van der Waals surface area contributed by atoms with Gasteiger partial charge in [-0.25, -0.2) is 9.37 Å². The molecular formula is C27H19F4N5O2S. The van der Waals surface area contributed by atoms with Crippen LogP contribution in [0.3, 0.4) is 0 Å². The van der Waals surface area contributed by atoms with Crippen molar-refractivity contribution in [3.63, 3.8) is 0 Å². The number of carbonyl (C=O) groups excluding carboxylic acids is 2. The zero-order valence-electron chi connectivity index (χ0n) is 20.1. The molecule has 39 heavy (non-hydrogen) atoms. The largest absolute Gasteiger partial charge is 0.419 e. The molecule has 198 valence electrons. The second-order valence-corrected chi connectivity index (χ2v) is 9.54. The Balaban J connectivity index is 1.46. The van der Waals surface area contributed by atoms with Gasteiger partial charge in [0, 0.05) is 12.2 Å². The minimum Gasteiger partial charge on any atom is -0.348 e. The number of benzene rings is 2. The second kappa shape index (κ2) is 9.74. The zero-order chi connectivity index (χ0) is 27.9. The lowest BCUT2D eigenvalue weighted by Crippen LogP contribution is -2.55. The van der Waals surface area contributed by atoms with Crippen molar-refractivity contribution in [3.05, 3.63) is 89.0 Å². The van der Waals surface area contributed by atoms with Gasteiger partial charge < -0.3 is 10.2 Å². The van der Waals surface area contributed by atoms with Gasteiger partial charge in [0.05, 0.1) is 23.0 Å². The van der Waals surface area contributed by atoms with Gasteiger partial charge in [-0.3, -0.25) is 14.5 Å². The van der Waals surface area contributed by atoms with Crippen LogP contribution in [0.25, 0.3) is 0 Å². The van der Waals surface area contributed by atoms with Crippen LogP contribution in [0.4, 0.5) is 28.9 Å². The van der Waals surface area contributed by atoms with Crippen LogP contribution >= 0.6 is 12.2 Å². The third-order valence-corrected chi connectivity index (χ3v) is 7.25. The molecular weight excluding hydrogens is 534 g/mol. The van der Waals surface area contributed by atoms with Crippen molar-refractivity contribution in [1.29, 1.82) is 5.26 Å². The van der Waals surface area contributed by atoms with Crippen LogP contribution in [-0.2, 0) is 17.5 Å². The summed E-state index contributed by atoms with van der Waals surface area (Å²) in [5.41, 5.74) is -2.77. The van der Waals surface area contributed by atoms with Crippen LogP contribution < -0.4 is 15.1 Å². The van der Waals surface area contributed by atoms with Gasteiger partial charge in [0.15, 0.2) is 10.8 Å². The highest BCUT2D eigenvalue weighted by Crippen LogP contribution is 2.48. The van der Waals surface area contributed by atoms with E-state index in [2.05, 4.69) is 10.3 Å². The SMILES string of the molecule is N#Cc1ncc(N2C(=O)C3(CCC3)N(c3ccc(C(=O)NCc4ccccc4)c(F)c3)C2=S)cc1C(F)(F)F. The number of aromatic nitrogens is 1. The van der Waals surface area contributed by atoms with E-state index in [1.54, 1.807) is 0 Å². The van der Waals surface area contributed by atoms with Crippen molar-refractivity contribution in [1.82, 2.24) is 10.3 Å². The summed E-state index contributed by atoms with van der Waals surface area (Å²) in [6.07, 6.45) is -2.56. The first-order chi connectivity index (χ1) is 18.6. The van der Waals surface area contributed by atoms with Crippen LogP contribution in [0, 0.1) is 17.1 Å². The molecule has 0 unspecified atom stereocenters. The van der Waals surface area contributed by atoms with Crippen molar-refractivity contribution in [3.8, 4) is 6.07 Å². The molecule has 1 saturated carbocycles. The quantitative estimate of drug-likeness (QED) is 0.349. The molecule has 2 aromatic carbocycles. The Labute approximate surface area is 225 Å². The van der Waals surface area contributed by atoms with Crippen LogP contribution in [-0.4, -0.2) is 27.4 Å². The molecule has 2 fully saturated rings. The van der Waals surface area contributed by atoms with Crippen molar-refractivity contribution in [2.45, 2.75) is 37.5 Å². The fraction of sp³-hybridized carbons (Fsp3) is 0.222.